The van der Waals surface area contributed by atoms with Gasteiger partial charge in [0.05, 0.1) is 11.3 Å². The predicted molar refractivity (Wildman–Crippen MR) is 124 cm³/mol. The monoisotopic (exact) mass is 424 g/mol. The Bertz CT molecular complexity index is 1360. The second-order valence-electron chi connectivity index (χ2n) is 7.23. The summed E-state index contributed by atoms with van der Waals surface area (Å²) in [5.41, 5.74) is 7.71. The van der Waals surface area contributed by atoms with Gasteiger partial charge in [-0.2, -0.15) is 5.11 Å². The van der Waals surface area contributed by atoms with Gasteiger partial charge in [-0.3, -0.25) is 9.59 Å². The van der Waals surface area contributed by atoms with Gasteiger partial charge in [0.15, 0.2) is 5.75 Å². The van der Waals surface area contributed by atoms with Gasteiger partial charge in [0.1, 0.15) is 5.69 Å². The second-order valence-corrected chi connectivity index (χ2v) is 7.23. The molecule has 2 amide bonds. The van der Waals surface area contributed by atoms with Crippen molar-refractivity contribution in [3.63, 3.8) is 0 Å². The van der Waals surface area contributed by atoms with Gasteiger partial charge in [-0.05, 0) is 48.2 Å². The number of nitrogens with zero attached hydrogens (tertiary/aromatic N) is 2. The largest absolute Gasteiger partial charge is 0.505 e. The number of carbonyl (C=O) groups excluding carboxylic acids is 2. The van der Waals surface area contributed by atoms with Crippen molar-refractivity contribution in [1.82, 2.24) is 0 Å². The molecule has 0 atom stereocenters. The van der Waals surface area contributed by atoms with Gasteiger partial charge in [0.25, 0.3) is 5.91 Å². The molecule has 0 aliphatic rings. The molecule has 0 spiro atoms. The summed E-state index contributed by atoms with van der Waals surface area (Å²) >= 11 is 0. The van der Waals surface area contributed by atoms with Crippen LogP contribution >= 0.6 is 0 Å². The van der Waals surface area contributed by atoms with E-state index in [1.165, 1.54) is 6.07 Å². The molecule has 0 radical (unpaired) electrons. The molecule has 4 aromatic rings. The van der Waals surface area contributed by atoms with E-state index in [2.05, 4.69) is 15.5 Å². The van der Waals surface area contributed by atoms with Crippen LogP contribution in [0.15, 0.2) is 89.1 Å². The van der Waals surface area contributed by atoms with Crippen molar-refractivity contribution in [1.29, 1.82) is 0 Å². The van der Waals surface area contributed by atoms with Crippen LogP contribution in [0, 0.1) is 6.92 Å². The standard InChI is InChI=1S/C25H20N4O3/c1-15-11-12-17(24(26)31)14-21(15)28-29-22-19-10-6-5-7-16(19)13-20(23(22)30)25(32)27-18-8-3-2-4-9-18/h2-14,30H,1H3,(H2,26,31)(H,27,32). The number of hydrogen-bond acceptors (Lipinski definition) is 5. The number of rotatable bonds is 5. The maximum absolute atomic E-state index is 12.9. The van der Waals surface area contributed by atoms with Crippen molar-refractivity contribution in [2.45, 2.75) is 6.92 Å². The molecule has 0 aliphatic carbocycles. The number of phenols is 1. The van der Waals surface area contributed by atoms with Crippen molar-refractivity contribution in [3.05, 3.63) is 95.6 Å². The maximum Gasteiger partial charge on any atom is 0.259 e. The number of benzene rings is 4. The molecular formula is C25H20N4O3. The molecule has 4 aromatic carbocycles. The van der Waals surface area contributed by atoms with Crippen molar-refractivity contribution >= 4 is 39.6 Å². The lowest BCUT2D eigenvalue weighted by molar-refractivity contribution is 0.0997. The summed E-state index contributed by atoms with van der Waals surface area (Å²) in [7, 11) is 0. The number of nitrogens with two attached hydrogens (primary N) is 1. The number of nitrogens with one attached hydrogen (secondary N) is 1. The summed E-state index contributed by atoms with van der Waals surface area (Å²) in [4.78, 5) is 24.4. The summed E-state index contributed by atoms with van der Waals surface area (Å²) in [6.07, 6.45) is 0. The predicted octanol–water partition coefficient (Wildman–Crippen LogP) is 5.62. The van der Waals surface area contributed by atoms with Crippen molar-refractivity contribution < 1.29 is 14.7 Å². The van der Waals surface area contributed by atoms with Gasteiger partial charge in [-0.15, -0.1) is 5.11 Å². The minimum absolute atomic E-state index is 0.0733. The fraction of sp³-hybridized carbons (Fsp3) is 0.0400. The zero-order valence-electron chi connectivity index (χ0n) is 17.2. The van der Waals surface area contributed by atoms with E-state index >= 15 is 0 Å². The third-order valence-corrected chi connectivity index (χ3v) is 5.02. The molecular weight excluding hydrogens is 404 g/mol. The normalized spacial score (nSPS) is 11.0. The first-order chi connectivity index (χ1) is 15.4. The molecule has 0 heterocycles. The summed E-state index contributed by atoms with van der Waals surface area (Å²) in [5.74, 6) is -1.33. The molecule has 4 rings (SSSR count). The number of amides is 2. The lowest BCUT2D eigenvalue weighted by Gasteiger charge is -2.11. The van der Waals surface area contributed by atoms with Crippen LogP contribution in [0.5, 0.6) is 5.75 Å². The third kappa shape index (κ3) is 4.17. The average Bonchev–Trinajstić information content (AvgIpc) is 2.79. The maximum atomic E-state index is 12.9. The van der Waals surface area contributed by atoms with Crippen molar-refractivity contribution in [2.24, 2.45) is 16.0 Å². The Balaban J connectivity index is 1.80. The van der Waals surface area contributed by atoms with Gasteiger partial charge in [0, 0.05) is 16.6 Å². The lowest BCUT2D eigenvalue weighted by atomic mass is 10.0. The summed E-state index contributed by atoms with van der Waals surface area (Å²) in [6, 6.07) is 22.7. The third-order valence-electron chi connectivity index (χ3n) is 5.02. The molecule has 0 bridgehead atoms. The van der Waals surface area contributed by atoms with E-state index in [1.54, 1.807) is 48.5 Å². The zero-order chi connectivity index (χ0) is 22.7. The van der Waals surface area contributed by atoms with Gasteiger partial charge in [0.2, 0.25) is 5.91 Å². The Kier molecular flexibility index (Phi) is 5.63. The van der Waals surface area contributed by atoms with Crippen LogP contribution < -0.4 is 11.1 Å². The number of aryl methyl sites for hydroxylation is 1. The first-order valence-electron chi connectivity index (χ1n) is 9.87. The van der Waals surface area contributed by atoms with Crippen LogP contribution in [0.4, 0.5) is 17.1 Å². The molecule has 0 aliphatic heterocycles. The average molecular weight is 424 g/mol. The highest BCUT2D eigenvalue weighted by Gasteiger charge is 2.18. The minimum Gasteiger partial charge on any atom is -0.505 e. The molecule has 7 nitrogen and oxygen atoms in total. The summed E-state index contributed by atoms with van der Waals surface area (Å²) in [5, 5.41) is 23.6. The number of phenolic OH excluding ortho intramolecular Hbond substituents is 1. The summed E-state index contributed by atoms with van der Waals surface area (Å²) < 4.78 is 0. The van der Waals surface area contributed by atoms with Crippen LogP contribution in [0.25, 0.3) is 10.8 Å². The second kappa shape index (κ2) is 8.69. The highest BCUT2D eigenvalue weighted by atomic mass is 16.3. The smallest absolute Gasteiger partial charge is 0.259 e. The first-order valence-corrected chi connectivity index (χ1v) is 9.87. The van der Waals surface area contributed by atoms with Crippen LogP contribution in [-0.4, -0.2) is 16.9 Å². The topological polar surface area (TPSA) is 117 Å². The molecule has 0 unspecified atom stereocenters. The molecule has 0 saturated carbocycles. The number of anilines is 1. The van der Waals surface area contributed by atoms with E-state index < -0.39 is 11.8 Å². The highest BCUT2D eigenvalue weighted by molar-refractivity contribution is 6.11. The fourth-order valence-corrected chi connectivity index (χ4v) is 3.29. The highest BCUT2D eigenvalue weighted by Crippen LogP contribution is 2.40. The summed E-state index contributed by atoms with van der Waals surface area (Å²) in [6.45, 7) is 1.82. The Morgan fingerprint density at radius 2 is 1.62 bits per heavy atom. The number of primary amides is 1. The minimum atomic E-state index is -0.575. The van der Waals surface area contributed by atoms with E-state index in [-0.39, 0.29) is 17.0 Å². The molecule has 0 aromatic heterocycles. The van der Waals surface area contributed by atoms with Crippen molar-refractivity contribution in [3.8, 4) is 5.75 Å². The Morgan fingerprint density at radius 3 is 2.38 bits per heavy atom. The van der Waals surface area contributed by atoms with Gasteiger partial charge in [-0.1, -0.05) is 48.5 Å². The van der Waals surface area contributed by atoms with Crippen LogP contribution in [-0.2, 0) is 0 Å². The van der Waals surface area contributed by atoms with Gasteiger partial charge >= 0.3 is 0 Å². The fourth-order valence-electron chi connectivity index (χ4n) is 3.29. The van der Waals surface area contributed by atoms with Gasteiger partial charge < -0.3 is 16.2 Å². The van der Waals surface area contributed by atoms with Crippen LogP contribution in [0.1, 0.15) is 26.3 Å². The molecule has 4 N–H and O–H groups in total. The quantitative estimate of drug-likeness (QED) is 0.361. The van der Waals surface area contributed by atoms with E-state index in [1.807, 2.05) is 31.2 Å². The SMILES string of the molecule is Cc1ccc(C(N)=O)cc1N=Nc1c(O)c(C(=O)Nc2ccccc2)cc2ccccc12. The van der Waals surface area contributed by atoms with E-state index in [4.69, 9.17) is 5.73 Å². The van der Waals surface area contributed by atoms with Crippen LogP contribution in [0.2, 0.25) is 0 Å². The first kappa shape index (κ1) is 20.7. The van der Waals surface area contributed by atoms with E-state index in [0.717, 1.165) is 10.9 Å². The molecule has 0 fully saturated rings. The number of para-hydroxylation sites is 1. The zero-order valence-corrected chi connectivity index (χ0v) is 17.2. The lowest BCUT2D eigenvalue weighted by Crippen LogP contribution is -2.12. The number of hydrogen-bond donors (Lipinski definition) is 3. The van der Waals surface area contributed by atoms with Crippen molar-refractivity contribution in [2.75, 3.05) is 5.32 Å². The Hall–Kier alpha value is -4.52. The molecule has 7 heteroatoms. The molecule has 0 saturated heterocycles. The van der Waals surface area contributed by atoms with Crippen LogP contribution in [0.3, 0.4) is 0 Å². The van der Waals surface area contributed by atoms with E-state index in [0.29, 0.717) is 22.3 Å². The molecule has 32 heavy (non-hydrogen) atoms. The number of carbonyl (C=O) groups is 2. The Morgan fingerprint density at radius 1 is 0.906 bits per heavy atom. The van der Waals surface area contributed by atoms with E-state index in [9.17, 15) is 14.7 Å². The number of fused-ring (bicyclic) bond motifs is 1. The molecule has 158 valence electrons. The number of aromatic hydroxyl groups is 1. The number of azo groups is 1. The van der Waals surface area contributed by atoms with Gasteiger partial charge in [-0.25, -0.2) is 0 Å². The Labute approximate surface area is 184 Å².